The summed E-state index contributed by atoms with van der Waals surface area (Å²) >= 11 is 0. The van der Waals surface area contributed by atoms with Gasteiger partial charge in [0.2, 0.25) is 0 Å². The summed E-state index contributed by atoms with van der Waals surface area (Å²) in [6, 6.07) is -1.53. The number of nitrogens with two attached hydrogens (primary N) is 1. The van der Waals surface area contributed by atoms with Crippen LogP contribution in [0.2, 0.25) is 0 Å². The highest BCUT2D eigenvalue weighted by Crippen LogP contribution is 2.43. The molecule has 0 aliphatic carbocycles. The molecule has 0 aromatic rings. The Morgan fingerprint density at radius 1 is 0.574 bits per heavy atom. The number of ether oxygens (including phenoxy) is 2. The van der Waals surface area contributed by atoms with Gasteiger partial charge in [-0.05, 0) is 77.0 Å². The van der Waals surface area contributed by atoms with Gasteiger partial charge in [-0.3, -0.25) is 23.4 Å². The zero-order chi connectivity index (χ0) is 40.0. The Balaban J connectivity index is 4.52. The van der Waals surface area contributed by atoms with Crippen molar-refractivity contribution in [3.63, 3.8) is 0 Å². The van der Waals surface area contributed by atoms with Gasteiger partial charge in [0.15, 0.2) is 6.10 Å². The van der Waals surface area contributed by atoms with Crippen molar-refractivity contribution in [2.45, 2.75) is 167 Å². The van der Waals surface area contributed by atoms with Crippen LogP contribution in [0, 0.1) is 0 Å². The van der Waals surface area contributed by atoms with Crippen molar-refractivity contribution in [3.8, 4) is 0 Å². The molecular weight excluding hydrogens is 709 g/mol. The minimum atomic E-state index is -4.73. The average molecular weight is 782 g/mol. The van der Waals surface area contributed by atoms with Gasteiger partial charge < -0.3 is 25.2 Å². The number of aliphatic carboxylic acids is 1. The number of allylic oxidation sites excluding steroid dienone is 10. The number of phosphoric ester groups is 1. The molecule has 0 aromatic carbocycles. The molecule has 0 aromatic heterocycles. The molecule has 1 unspecified atom stereocenters. The predicted molar refractivity (Wildman–Crippen MR) is 217 cm³/mol. The molecule has 3 atom stereocenters. The number of rotatable bonds is 37. The van der Waals surface area contributed by atoms with Gasteiger partial charge >= 0.3 is 25.7 Å². The smallest absolute Gasteiger partial charge is 0.472 e. The molecular formula is C42H72NO10P. The first-order chi connectivity index (χ1) is 26.1. The second-order valence-corrected chi connectivity index (χ2v) is 14.9. The number of carboxylic acid groups (broad SMARTS) is 1. The van der Waals surface area contributed by atoms with Gasteiger partial charge in [0.05, 0.1) is 13.2 Å². The molecule has 0 saturated heterocycles. The molecule has 11 nitrogen and oxygen atoms in total. The highest BCUT2D eigenvalue weighted by molar-refractivity contribution is 7.47. The lowest BCUT2D eigenvalue weighted by atomic mass is 10.1. The highest BCUT2D eigenvalue weighted by atomic mass is 31.2. The van der Waals surface area contributed by atoms with E-state index in [-0.39, 0.29) is 19.4 Å². The molecule has 0 radical (unpaired) electrons. The Kier molecular flexibility index (Phi) is 35.2. The molecule has 0 bridgehead atoms. The van der Waals surface area contributed by atoms with E-state index >= 15 is 0 Å². The molecule has 0 fully saturated rings. The number of carbonyl (C=O) groups is 3. The van der Waals surface area contributed by atoms with E-state index in [0.717, 1.165) is 64.2 Å². The fourth-order valence-electron chi connectivity index (χ4n) is 4.99. The Hall–Kier alpha value is -2.82. The van der Waals surface area contributed by atoms with Gasteiger partial charge in [-0.1, -0.05) is 126 Å². The van der Waals surface area contributed by atoms with Crippen LogP contribution in [0.25, 0.3) is 0 Å². The van der Waals surface area contributed by atoms with Gasteiger partial charge in [0.25, 0.3) is 0 Å². The maximum atomic E-state index is 12.6. The summed E-state index contributed by atoms with van der Waals surface area (Å²) in [5.74, 6) is -2.47. The maximum Gasteiger partial charge on any atom is 0.472 e. The third-order valence-corrected chi connectivity index (χ3v) is 9.19. The van der Waals surface area contributed by atoms with E-state index in [2.05, 4.69) is 67.0 Å². The molecule has 54 heavy (non-hydrogen) atoms. The largest absolute Gasteiger partial charge is 0.480 e. The van der Waals surface area contributed by atoms with Gasteiger partial charge in [-0.25, -0.2) is 4.57 Å². The summed E-state index contributed by atoms with van der Waals surface area (Å²) in [7, 11) is -4.73. The summed E-state index contributed by atoms with van der Waals surface area (Å²) in [4.78, 5) is 45.8. The van der Waals surface area contributed by atoms with Crippen molar-refractivity contribution in [3.05, 3.63) is 60.8 Å². The Morgan fingerprint density at radius 2 is 1.00 bits per heavy atom. The van der Waals surface area contributed by atoms with Crippen molar-refractivity contribution in [1.82, 2.24) is 0 Å². The lowest BCUT2D eigenvalue weighted by Crippen LogP contribution is -2.34. The lowest BCUT2D eigenvalue weighted by Gasteiger charge is -2.20. The van der Waals surface area contributed by atoms with Crippen LogP contribution < -0.4 is 5.73 Å². The van der Waals surface area contributed by atoms with E-state index in [1.165, 1.54) is 44.9 Å². The number of phosphoric acid groups is 1. The van der Waals surface area contributed by atoms with Crippen LogP contribution in [0.1, 0.15) is 155 Å². The lowest BCUT2D eigenvalue weighted by molar-refractivity contribution is -0.161. The Bertz CT molecular complexity index is 1150. The van der Waals surface area contributed by atoms with Crippen LogP contribution in [-0.2, 0) is 37.5 Å². The molecule has 0 aliphatic rings. The number of unbranched alkanes of at least 4 members (excludes halogenated alkanes) is 13. The molecule has 0 spiro atoms. The third kappa shape index (κ3) is 36.2. The monoisotopic (exact) mass is 781 g/mol. The number of carboxylic acids is 1. The number of hydrogen-bond donors (Lipinski definition) is 3. The molecule has 12 heteroatoms. The van der Waals surface area contributed by atoms with Crippen LogP contribution in [0.4, 0.5) is 0 Å². The highest BCUT2D eigenvalue weighted by Gasteiger charge is 2.28. The molecule has 0 heterocycles. The van der Waals surface area contributed by atoms with Crippen molar-refractivity contribution in [2.75, 3.05) is 19.8 Å². The topological polar surface area (TPSA) is 172 Å². The van der Waals surface area contributed by atoms with Crippen LogP contribution in [0.3, 0.4) is 0 Å². The normalized spacial score (nSPS) is 14.4. The SMILES string of the molecule is CCCCC/C=C/C/C=C/C/C=C/C/C=C/CCCC(=O)OC[C@H](COP(=O)(O)OC[C@H](N)C(=O)O)OC(=O)CCCCCCC/C=C/CCCCCC. The van der Waals surface area contributed by atoms with E-state index in [1.807, 2.05) is 12.2 Å². The van der Waals surface area contributed by atoms with Crippen molar-refractivity contribution in [2.24, 2.45) is 5.73 Å². The minimum Gasteiger partial charge on any atom is -0.480 e. The van der Waals surface area contributed by atoms with Crippen molar-refractivity contribution < 1.29 is 47.5 Å². The third-order valence-electron chi connectivity index (χ3n) is 8.24. The van der Waals surface area contributed by atoms with Gasteiger partial charge in [-0.15, -0.1) is 0 Å². The first-order valence-electron chi connectivity index (χ1n) is 20.3. The quantitative estimate of drug-likeness (QED) is 0.0237. The second-order valence-electron chi connectivity index (χ2n) is 13.4. The number of carbonyl (C=O) groups excluding carboxylic acids is 2. The van der Waals surface area contributed by atoms with Gasteiger partial charge in [-0.2, -0.15) is 0 Å². The molecule has 4 N–H and O–H groups in total. The van der Waals surface area contributed by atoms with Crippen molar-refractivity contribution >= 4 is 25.7 Å². The molecule has 0 amide bonds. The summed E-state index contributed by atoms with van der Waals surface area (Å²) in [6.45, 7) is 2.67. The van der Waals surface area contributed by atoms with Gasteiger partial charge in [0.1, 0.15) is 12.6 Å². The zero-order valence-corrected chi connectivity index (χ0v) is 34.2. The van der Waals surface area contributed by atoms with E-state index in [0.29, 0.717) is 19.3 Å². The molecule has 310 valence electrons. The van der Waals surface area contributed by atoms with E-state index in [4.69, 9.17) is 24.8 Å². The Labute approximate surface area is 326 Å². The van der Waals surface area contributed by atoms with Crippen LogP contribution in [0.15, 0.2) is 60.8 Å². The molecule has 0 aliphatic heterocycles. The van der Waals surface area contributed by atoms with Crippen LogP contribution in [0.5, 0.6) is 0 Å². The van der Waals surface area contributed by atoms with Gasteiger partial charge in [0, 0.05) is 12.8 Å². The number of hydrogen-bond acceptors (Lipinski definition) is 9. The first-order valence-corrected chi connectivity index (χ1v) is 21.8. The van der Waals surface area contributed by atoms with Crippen LogP contribution >= 0.6 is 7.82 Å². The first kappa shape index (κ1) is 51.2. The fraction of sp³-hybridized carbons (Fsp3) is 0.690. The predicted octanol–water partition coefficient (Wildman–Crippen LogP) is 10.4. The standard InChI is InChI=1S/C42H72NO10P/c1-3-5-7-9-11-13-15-17-18-19-20-22-23-25-27-29-31-33-40(44)50-35-38(36-51-54(48,49)52-37-39(43)42(46)47)53-41(45)34-32-30-28-26-24-21-16-14-12-10-8-6-4-2/h11,13-14,16-18,20,22,25,27,38-39H,3-10,12,15,19,21,23-24,26,28-37,43H2,1-2H3,(H,46,47)(H,48,49)/b13-11+,16-14+,18-17+,22-20+,27-25+/t38-,39+/m1/s1. The molecule has 0 rings (SSSR count). The van der Waals surface area contributed by atoms with E-state index in [9.17, 15) is 23.8 Å². The van der Waals surface area contributed by atoms with E-state index in [1.54, 1.807) is 0 Å². The van der Waals surface area contributed by atoms with Crippen molar-refractivity contribution in [1.29, 1.82) is 0 Å². The summed E-state index contributed by atoms with van der Waals surface area (Å²) in [5.41, 5.74) is 5.32. The molecule has 0 saturated carbocycles. The number of esters is 2. The zero-order valence-electron chi connectivity index (χ0n) is 33.3. The average Bonchev–Trinajstić information content (AvgIpc) is 3.14. The second kappa shape index (κ2) is 37.1. The Morgan fingerprint density at radius 3 is 1.57 bits per heavy atom. The maximum absolute atomic E-state index is 12.6. The fourth-order valence-corrected chi connectivity index (χ4v) is 5.77. The van der Waals surface area contributed by atoms with Crippen LogP contribution in [-0.4, -0.2) is 59.9 Å². The minimum absolute atomic E-state index is 0.137. The summed E-state index contributed by atoms with van der Waals surface area (Å²) < 4.78 is 32.5. The van der Waals surface area contributed by atoms with E-state index < -0.39 is 51.1 Å². The summed E-state index contributed by atoms with van der Waals surface area (Å²) in [5, 5.41) is 8.87. The summed E-state index contributed by atoms with van der Waals surface area (Å²) in [6.07, 6.45) is 41.5.